The molecule has 22 heavy (non-hydrogen) atoms. The number of anilines is 1. The molecule has 6 heteroatoms. The van der Waals surface area contributed by atoms with Crippen molar-refractivity contribution in [1.82, 2.24) is 4.90 Å². The number of nitrogens with zero attached hydrogens (tertiary/aromatic N) is 2. The van der Waals surface area contributed by atoms with Gasteiger partial charge in [0.1, 0.15) is 4.91 Å². The van der Waals surface area contributed by atoms with Crippen molar-refractivity contribution >= 4 is 51.7 Å². The summed E-state index contributed by atoms with van der Waals surface area (Å²) in [6.45, 7) is 7.13. The van der Waals surface area contributed by atoms with Gasteiger partial charge in [-0.2, -0.15) is 0 Å². The van der Waals surface area contributed by atoms with E-state index in [0.29, 0.717) is 4.32 Å². The van der Waals surface area contributed by atoms with Crippen LogP contribution in [-0.4, -0.2) is 21.7 Å². The van der Waals surface area contributed by atoms with Gasteiger partial charge in [0.15, 0.2) is 4.32 Å². The minimum absolute atomic E-state index is 0.0235. The van der Waals surface area contributed by atoms with Crippen molar-refractivity contribution in [2.75, 3.05) is 11.4 Å². The number of para-hydroxylation sites is 1. The number of allylic oxidation sites excluding steroid dienone is 2. The fourth-order valence-electron chi connectivity index (χ4n) is 2.46. The van der Waals surface area contributed by atoms with E-state index in [9.17, 15) is 4.79 Å². The monoisotopic (exact) mass is 348 g/mol. The molecule has 3 nitrogen and oxygen atoms in total. The lowest BCUT2D eigenvalue weighted by Crippen LogP contribution is -2.28. The number of thioether (sulfide) groups is 2. The molecule has 114 valence electrons. The van der Waals surface area contributed by atoms with Crippen molar-refractivity contribution in [2.45, 2.75) is 20.8 Å². The van der Waals surface area contributed by atoms with Gasteiger partial charge in [0, 0.05) is 17.1 Å². The molecule has 0 aliphatic carbocycles. The summed E-state index contributed by atoms with van der Waals surface area (Å²) >= 11 is 8.50. The lowest BCUT2D eigenvalue weighted by molar-refractivity contribution is -0.113. The summed E-state index contributed by atoms with van der Waals surface area (Å²) < 4.78 is 0.595. The normalized spacial score (nSPS) is 22.3. The van der Waals surface area contributed by atoms with Gasteiger partial charge >= 0.3 is 0 Å². The minimum atomic E-state index is -0.0235. The van der Waals surface area contributed by atoms with Gasteiger partial charge in [-0.25, -0.2) is 0 Å². The lowest BCUT2D eigenvalue weighted by atomic mass is 10.3. The maximum absolute atomic E-state index is 12.9. The summed E-state index contributed by atoms with van der Waals surface area (Å²) in [6, 6.07) is 9.58. The van der Waals surface area contributed by atoms with Gasteiger partial charge in [0.05, 0.1) is 10.7 Å². The smallest absolute Gasteiger partial charge is 0.273 e. The Balaban J connectivity index is 2.00. The number of thiocarbonyl (C=S) groups is 1. The van der Waals surface area contributed by atoms with E-state index in [0.717, 1.165) is 22.2 Å². The summed E-state index contributed by atoms with van der Waals surface area (Å²) in [5.74, 6) is -0.0235. The predicted molar refractivity (Wildman–Crippen MR) is 99.5 cm³/mol. The summed E-state index contributed by atoms with van der Waals surface area (Å²) in [4.78, 5) is 18.7. The van der Waals surface area contributed by atoms with E-state index < -0.39 is 0 Å². The Morgan fingerprint density at radius 3 is 2.45 bits per heavy atom. The van der Waals surface area contributed by atoms with Crippen molar-refractivity contribution in [3.63, 3.8) is 0 Å². The van der Waals surface area contributed by atoms with Gasteiger partial charge in [-0.3, -0.25) is 9.69 Å². The van der Waals surface area contributed by atoms with E-state index >= 15 is 0 Å². The first-order valence-corrected chi connectivity index (χ1v) is 9.07. The highest BCUT2D eigenvalue weighted by molar-refractivity contribution is 8.27. The molecule has 0 aromatic heterocycles. The van der Waals surface area contributed by atoms with Crippen LogP contribution in [0.25, 0.3) is 0 Å². The molecule has 0 saturated carbocycles. The average molecular weight is 349 g/mol. The minimum Gasteiger partial charge on any atom is -0.338 e. The molecule has 2 aliphatic rings. The molecule has 1 saturated heterocycles. The second kappa shape index (κ2) is 6.10. The molecule has 0 radical (unpaired) electrons. The molecule has 0 N–H and O–H groups in total. The van der Waals surface area contributed by atoms with Gasteiger partial charge in [-0.15, -0.1) is 0 Å². The number of amides is 1. The first-order chi connectivity index (χ1) is 10.5. The van der Waals surface area contributed by atoms with Crippen LogP contribution in [0.3, 0.4) is 0 Å². The molecular formula is C16H16N2OS3. The van der Waals surface area contributed by atoms with E-state index in [4.69, 9.17) is 12.2 Å². The third-order valence-corrected chi connectivity index (χ3v) is 6.41. The Hall–Kier alpha value is -1.24. The maximum Gasteiger partial charge on any atom is 0.273 e. The van der Waals surface area contributed by atoms with Crippen LogP contribution >= 0.6 is 35.7 Å². The van der Waals surface area contributed by atoms with Crippen LogP contribution in [0.2, 0.25) is 0 Å². The first-order valence-electron chi connectivity index (χ1n) is 7.03. The number of hydrogen-bond donors (Lipinski definition) is 0. The largest absolute Gasteiger partial charge is 0.338 e. The SMILES string of the molecule is CCN1C(C)=C(C)S/C1=C1/SC(=S)N(c2ccccc2)C1=O. The van der Waals surface area contributed by atoms with E-state index in [1.807, 2.05) is 30.3 Å². The van der Waals surface area contributed by atoms with E-state index in [1.54, 1.807) is 16.7 Å². The second-order valence-corrected chi connectivity index (χ2v) is 7.81. The molecule has 0 unspecified atom stereocenters. The molecular weight excluding hydrogens is 332 g/mol. The van der Waals surface area contributed by atoms with Gasteiger partial charge in [0.2, 0.25) is 0 Å². The molecule has 2 aliphatic heterocycles. The Morgan fingerprint density at radius 2 is 1.82 bits per heavy atom. The number of rotatable bonds is 2. The molecule has 3 rings (SSSR count). The van der Waals surface area contributed by atoms with Crippen LogP contribution < -0.4 is 4.90 Å². The zero-order valence-electron chi connectivity index (χ0n) is 12.6. The van der Waals surface area contributed by atoms with Crippen LogP contribution in [0.4, 0.5) is 5.69 Å². The average Bonchev–Trinajstić information content (AvgIpc) is 2.97. The van der Waals surface area contributed by atoms with Crippen molar-refractivity contribution in [3.05, 3.63) is 50.9 Å². The molecule has 0 atom stereocenters. The van der Waals surface area contributed by atoms with Gasteiger partial charge in [-0.1, -0.05) is 53.9 Å². The Kier molecular flexibility index (Phi) is 4.34. The standard InChI is InChI=1S/C16H16N2OS3/c1-4-17-10(2)11(3)21-15(17)13-14(19)18(16(20)22-13)12-8-6-5-7-9-12/h5-9H,4H2,1-3H3/b15-13+. The molecule has 1 fully saturated rings. The number of carbonyl (C=O) groups excluding carboxylic acids is 1. The van der Waals surface area contributed by atoms with Crippen LogP contribution in [-0.2, 0) is 4.79 Å². The molecule has 1 amide bonds. The summed E-state index contributed by atoms with van der Waals surface area (Å²) in [6.07, 6.45) is 0. The van der Waals surface area contributed by atoms with Crippen molar-refractivity contribution < 1.29 is 4.79 Å². The molecule has 2 heterocycles. The van der Waals surface area contributed by atoms with Crippen LogP contribution in [0.5, 0.6) is 0 Å². The topological polar surface area (TPSA) is 23.6 Å². The van der Waals surface area contributed by atoms with Crippen molar-refractivity contribution in [2.24, 2.45) is 0 Å². The maximum atomic E-state index is 12.9. The molecule has 1 aromatic carbocycles. The number of benzene rings is 1. The predicted octanol–water partition coefficient (Wildman–Crippen LogP) is 4.54. The fourth-order valence-corrected chi connectivity index (χ4v) is 5.08. The van der Waals surface area contributed by atoms with Crippen molar-refractivity contribution in [3.8, 4) is 0 Å². The van der Waals surface area contributed by atoms with Crippen LogP contribution in [0.15, 0.2) is 50.9 Å². The highest BCUT2D eigenvalue weighted by Crippen LogP contribution is 2.47. The first kappa shape index (κ1) is 15.6. The molecule has 0 bridgehead atoms. The Labute approximate surface area is 144 Å². The van der Waals surface area contributed by atoms with Gasteiger partial charge < -0.3 is 4.90 Å². The van der Waals surface area contributed by atoms with Crippen LogP contribution in [0.1, 0.15) is 20.8 Å². The zero-order valence-corrected chi connectivity index (χ0v) is 15.1. The summed E-state index contributed by atoms with van der Waals surface area (Å²) in [5.41, 5.74) is 2.04. The van der Waals surface area contributed by atoms with Crippen molar-refractivity contribution in [1.29, 1.82) is 0 Å². The third kappa shape index (κ3) is 2.49. The Morgan fingerprint density at radius 1 is 1.14 bits per heavy atom. The lowest BCUT2D eigenvalue weighted by Gasteiger charge is -2.20. The third-order valence-electron chi connectivity index (χ3n) is 3.70. The highest BCUT2D eigenvalue weighted by Gasteiger charge is 2.38. The number of hydrogen-bond acceptors (Lipinski definition) is 5. The highest BCUT2D eigenvalue weighted by atomic mass is 32.2. The van der Waals surface area contributed by atoms with Gasteiger partial charge in [0.25, 0.3) is 5.91 Å². The second-order valence-electron chi connectivity index (χ2n) is 4.97. The van der Waals surface area contributed by atoms with E-state index in [2.05, 4.69) is 25.7 Å². The van der Waals surface area contributed by atoms with E-state index in [1.165, 1.54) is 22.4 Å². The summed E-state index contributed by atoms with van der Waals surface area (Å²) in [5, 5.41) is 1.01. The zero-order chi connectivity index (χ0) is 15.9. The van der Waals surface area contributed by atoms with E-state index in [-0.39, 0.29) is 5.91 Å². The van der Waals surface area contributed by atoms with Gasteiger partial charge in [-0.05, 0) is 32.9 Å². The number of carbonyl (C=O) groups is 1. The fraction of sp³-hybridized carbons (Fsp3) is 0.250. The molecule has 1 aromatic rings. The Bertz CT molecular complexity index is 709. The molecule has 0 spiro atoms. The summed E-state index contributed by atoms with van der Waals surface area (Å²) in [7, 11) is 0. The quantitative estimate of drug-likeness (QED) is 0.577. The van der Waals surface area contributed by atoms with Crippen LogP contribution in [0, 0.1) is 0 Å².